The number of hydrogen-bond acceptors (Lipinski definition) is 15. The molecule has 582 valence electrons. The minimum Gasteiger partial charge on any atom is -0.462 e. The van der Waals surface area contributed by atoms with E-state index < -0.39 is 97.5 Å². The fourth-order valence-electron chi connectivity index (χ4n) is 12.3. The molecule has 3 N–H and O–H groups in total. The largest absolute Gasteiger partial charge is 0.472 e. The summed E-state index contributed by atoms with van der Waals surface area (Å²) in [4.78, 5) is 72.7. The van der Waals surface area contributed by atoms with Crippen LogP contribution in [0, 0.1) is 0 Å². The molecule has 17 nitrogen and oxygen atoms in total. The Morgan fingerprint density at radius 1 is 0.245 bits per heavy atom. The van der Waals surface area contributed by atoms with Crippen molar-refractivity contribution in [2.45, 2.75) is 444 Å². The average Bonchev–Trinajstić information content (AvgIpc) is 1.09. The first-order valence-corrected chi connectivity index (χ1v) is 44.3. The zero-order valence-corrected chi connectivity index (χ0v) is 65.6. The molecule has 0 aromatic carbocycles. The third-order valence-electron chi connectivity index (χ3n) is 18.6. The molecule has 0 amide bonds. The normalized spacial score (nSPS) is 13.8. The van der Waals surface area contributed by atoms with Gasteiger partial charge >= 0.3 is 39.5 Å². The minimum absolute atomic E-state index is 0.108. The van der Waals surface area contributed by atoms with Crippen molar-refractivity contribution in [1.29, 1.82) is 0 Å². The Balaban J connectivity index is 5.12. The van der Waals surface area contributed by atoms with Gasteiger partial charge in [0.05, 0.1) is 26.4 Å². The van der Waals surface area contributed by atoms with Crippen LogP contribution in [0.15, 0.2) is 0 Å². The molecule has 0 aliphatic heterocycles. The summed E-state index contributed by atoms with van der Waals surface area (Å²) in [6.07, 6.45) is 65.7. The number of phosphoric acid groups is 2. The smallest absolute Gasteiger partial charge is 0.462 e. The molecule has 0 heterocycles. The number of esters is 4. The van der Waals surface area contributed by atoms with E-state index in [0.717, 1.165) is 96.3 Å². The van der Waals surface area contributed by atoms with Crippen molar-refractivity contribution in [3.8, 4) is 0 Å². The highest BCUT2D eigenvalue weighted by Gasteiger charge is 2.30. The number of aliphatic hydroxyl groups excluding tert-OH is 1. The Kier molecular flexibility index (Phi) is 71.9. The molecule has 2 unspecified atom stereocenters. The van der Waals surface area contributed by atoms with E-state index in [4.69, 9.17) is 37.0 Å². The number of unbranched alkanes of at least 4 members (excludes halogenated alkanes) is 54. The summed E-state index contributed by atoms with van der Waals surface area (Å²) in [5.74, 6) is -2.12. The maximum Gasteiger partial charge on any atom is 0.472 e. The molecule has 0 aliphatic carbocycles. The zero-order chi connectivity index (χ0) is 71.8. The summed E-state index contributed by atoms with van der Waals surface area (Å²) in [7, 11) is -9.90. The quantitative estimate of drug-likeness (QED) is 0.0222. The van der Waals surface area contributed by atoms with Crippen molar-refractivity contribution in [3.05, 3.63) is 0 Å². The highest BCUT2D eigenvalue weighted by Crippen LogP contribution is 2.45. The molecule has 19 heteroatoms. The van der Waals surface area contributed by atoms with Crippen LogP contribution in [0.3, 0.4) is 0 Å². The molecule has 0 radical (unpaired) electrons. The fraction of sp³-hybridized carbons (Fsp3) is 0.949. The van der Waals surface area contributed by atoms with Crippen molar-refractivity contribution in [2.24, 2.45) is 0 Å². The van der Waals surface area contributed by atoms with Crippen LogP contribution in [0.4, 0.5) is 0 Å². The molecule has 0 spiro atoms. The fourth-order valence-corrected chi connectivity index (χ4v) is 13.9. The van der Waals surface area contributed by atoms with Crippen molar-refractivity contribution in [3.63, 3.8) is 0 Å². The van der Waals surface area contributed by atoms with Crippen LogP contribution in [0.2, 0.25) is 0 Å². The number of aliphatic hydroxyl groups is 1. The lowest BCUT2D eigenvalue weighted by Crippen LogP contribution is -2.30. The van der Waals surface area contributed by atoms with E-state index in [-0.39, 0.29) is 25.7 Å². The molecule has 0 rings (SSSR count). The Labute approximate surface area is 600 Å². The first-order chi connectivity index (χ1) is 47.7. The lowest BCUT2D eigenvalue weighted by Gasteiger charge is -2.21. The van der Waals surface area contributed by atoms with E-state index in [0.29, 0.717) is 25.7 Å². The number of ether oxygens (including phenoxy) is 4. The molecule has 0 aliphatic rings. The van der Waals surface area contributed by atoms with Crippen molar-refractivity contribution in [2.75, 3.05) is 39.6 Å². The molecular weight excluding hydrogens is 1280 g/mol. The lowest BCUT2D eigenvalue weighted by molar-refractivity contribution is -0.161. The Bertz CT molecular complexity index is 1860. The lowest BCUT2D eigenvalue weighted by atomic mass is 10.0. The Morgan fingerprint density at radius 3 is 0.602 bits per heavy atom. The molecule has 0 fully saturated rings. The predicted octanol–water partition coefficient (Wildman–Crippen LogP) is 23.8. The van der Waals surface area contributed by atoms with Crippen LogP contribution < -0.4 is 0 Å². The molecule has 98 heavy (non-hydrogen) atoms. The molecule has 0 aromatic heterocycles. The van der Waals surface area contributed by atoms with Gasteiger partial charge in [-0.1, -0.05) is 374 Å². The van der Waals surface area contributed by atoms with Crippen molar-refractivity contribution in [1.82, 2.24) is 0 Å². The minimum atomic E-state index is -4.96. The summed E-state index contributed by atoms with van der Waals surface area (Å²) in [5.41, 5.74) is 0. The number of phosphoric ester groups is 2. The van der Waals surface area contributed by atoms with Crippen LogP contribution in [0.1, 0.15) is 426 Å². The molecular formula is C79H154O17P2. The second kappa shape index (κ2) is 73.4. The van der Waals surface area contributed by atoms with Gasteiger partial charge < -0.3 is 33.8 Å². The van der Waals surface area contributed by atoms with Crippen LogP contribution in [0.5, 0.6) is 0 Å². The second-order valence-corrected chi connectivity index (χ2v) is 31.4. The van der Waals surface area contributed by atoms with Gasteiger partial charge in [-0.05, 0) is 25.7 Å². The average molecular weight is 1440 g/mol. The molecule has 5 atom stereocenters. The van der Waals surface area contributed by atoms with Crippen LogP contribution in [-0.4, -0.2) is 96.7 Å². The maximum absolute atomic E-state index is 13.1. The molecule has 0 saturated heterocycles. The predicted molar refractivity (Wildman–Crippen MR) is 400 cm³/mol. The third-order valence-corrected chi connectivity index (χ3v) is 20.5. The first kappa shape index (κ1) is 96.1. The van der Waals surface area contributed by atoms with Gasteiger partial charge in [-0.15, -0.1) is 0 Å². The highest BCUT2D eigenvalue weighted by molar-refractivity contribution is 7.47. The van der Waals surface area contributed by atoms with Crippen molar-refractivity contribution < 1.29 is 80.2 Å². The molecule has 0 bridgehead atoms. The number of carbonyl (C=O) groups is 4. The van der Waals surface area contributed by atoms with E-state index in [1.807, 2.05) is 0 Å². The first-order valence-electron chi connectivity index (χ1n) is 41.3. The van der Waals surface area contributed by atoms with E-state index in [1.54, 1.807) is 0 Å². The Hall–Kier alpha value is -1.94. The van der Waals surface area contributed by atoms with Gasteiger partial charge in [-0.2, -0.15) is 0 Å². The van der Waals surface area contributed by atoms with Crippen LogP contribution in [-0.2, 0) is 65.4 Å². The van der Waals surface area contributed by atoms with Crippen molar-refractivity contribution >= 4 is 39.5 Å². The van der Waals surface area contributed by atoms with E-state index in [9.17, 15) is 43.2 Å². The van der Waals surface area contributed by atoms with Gasteiger partial charge in [0.1, 0.15) is 19.3 Å². The van der Waals surface area contributed by atoms with E-state index >= 15 is 0 Å². The zero-order valence-electron chi connectivity index (χ0n) is 63.8. The highest BCUT2D eigenvalue weighted by atomic mass is 31.2. The van der Waals surface area contributed by atoms with Crippen LogP contribution in [0.25, 0.3) is 0 Å². The molecule has 0 aromatic rings. The Morgan fingerprint density at radius 2 is 0.408 bits per heavy atom. The topological polar surface area (TPSA) is 237 Å². The number of hydrogen-bond donors (Lipinski definition) is 3. The van der Waals surface area contributed by atoms with Gasteiger partial charge in [0, 0.05) is 25.7 Å². The summed E-state index contributed by atoms with van der Waals surface area (Å²) in [6.45, 7) is 4.93. The summed E-state index contributed by atoms with van der Waals surface area (Å²) >= 11 is 0. The standard InChI is InChI=1S/C79H154O17P2/c1-5-9-13-17-20-23-26-29-32-35-38-40-43-46-49-52-56-60-64-77(82)90-70-75(96-79(84)66-62-58-54-51-48-45-42-39-36-33-30-27-24-21-18-14-10-6-2)72-94-98(87,88)92-68-73(80)67-91-97(85,86)93-71-74(69-89-76(81)63-59-55-16-12-8-4)95-78(83)65-61-57-53-50-47-44-41-37-34-31-28-25-22-19-15-11-7-3/h73-75,80H,5-72H2,1-4H3,(H,85,86)(H,87,88)/t73-,74+,75+/m0/s1. The maximum atomic E-state index is 13.1. The van der Waals surface area contributed by atoms with Gasteiger partial charge in [0.15, 0.2) is 12.2 Å². The summed E-state index contributed by atoms with van der Waals surface area (Å²) < 4.78 is 68.4. The van der Waals surface area contributed by atoms with E-state index in [2.05, 4.69) is 27.7 Å². The SMILES string of the molecule is CCCCCCCCCCCCCCCCCCCCC(=O)OC[C@H](COP(=O)(O)OC[C@@H](O)COP(=O)(O)OC[C@@H](COC(=O)CCCCCCC)OC(=O)CCCCCCCCCCCCCCCCCCC)OC(=O)CCCCCCCCCCCCCCCCCCCC. The second-order valence-electron chi connectivity index (χ2n) is 28.5. The van der Waals surface area contributed by atoms with Gasteiger partial charge in [-0.25, -0.2) is 9.13 Å². The summed E-state index contributed by atoms with van der Waals surface area (Å²) in [6, 6.07) is 0. The van der Waals surface area contributed by atoms with Gasteiger partial charge in [0.2, 0.25) is 0 Å². The monoisotopic (exact) mass is 1440 g/mol. The summed E-state index contributed by atoms with van der Waals surface area (Å²) in [5, 5.41) is 10.6. The third kappa shape index (κ3) is 72.4. The van der Waals surface area contributed by atoms with Gasteiger partial charge in [-0.3, -0.25) is 37.3 Å². The van der Waals surface area contributed by atoms with Gasteiger partial charge in [0.25, 0.3) is 0 Å². The number of rotatable bonds is 80. The molecule has 0 saturated carbocycles. The number of carbonyl (C=O) groups excluding carboxylic acids is 4. The van der Waals surface area contributed by atoms with Crippen LogP contribution >= 0.6 is 15.6 Å². The van der Waals surface area contributed by atoms with E-state index in [1.165, 1.54) is 250 Å².